The third kappa shape index (κ3) is 7.02. The molecule has 0 spiro atoms. The van der Waals surface area contributed by atoms with Crippen LogP contribution in [-0.2, 0) is 14.3 Å². The minimum Gasteiger partial charge on any atom is -0.493 e. The lowest BCUT2D eigenvalue weighted by Crippen LogP contribution is -2.29. The fourth-order valence-corrected chi connectivity index (χ4v) is 4.19. The van der Waals surface area contributed by atoms with Crippen LogP contribution in [0.4, 0.5) is 0 Å². The van der Waals surface area contributed by atoms with E-state index in [1.165, 1.54) is 18.9 Å². The van der Waals surface area contributed by atoms with E-state index < -0.39 is 0 Å². The first-order chi connectivity index (χ1) is 14.5. The van der Waals surface area contributed by atoms with E-state index in [4.69, 9.17) is 21.7 Å². The highest BCUT2D eigenvalue weighted by atomic mass is 32.2. The molecule has 1 aliphatic rings. The molecule has 0 unspecified atom stereocenters. The zero-order valence-corrected chi connectivity index (χ0v) is 19.4. The zero-order chi connectivity index (χ0) is 21.9. The number of amides is 1. The molecule has 0 saturated carbocycles. The van der Waals surface area contributed by atoms with Crippen LogP contribution >= 0.6 is 24.0 Å². The van der Waals surface area contributed by atoms with Crippen molar-refractivity contribution in [2.75, 3.05) is 27.4 Å². The van der Waals surface area contributed by atoms with E-state index in [2.05, 4.69) is 11.7 Å². The number of thiocarbonyl (C=S) groups is 1. The van der Waals surface area contributed by atoms with E-state index in [0.29, 0.717) is 40.3 Å². The molecule has 0 aromatic heterocycles. The second-order valence-corrected chi connectivity index (χ2v) is 8.51. The van der Waals surface area contributed by atoms with Crippen molar-refractivity contribution in [3.8, 4) is 11.5 Å². The number of hydrogen-bond acceptors (Lipinski definition) is 7. The Morgan fingerprint density at radius 3 is 2.67 bits per heavy atom. The zero-order valence-electron chi connectivity index (χ0n) is 17.8. The second kappa shape index (κ2) is 12.6. The van der Waals surface area contributed by atoms with Crippen LogP contribution in [0.15, 0.2) is 23.1 Å². The molecule has 0 atom stereocenters. The van der Waals surface area contributed by atoms with Crippen molar-refractivity contribution in [2.24, 2.45) is 0 Å². The standard InChI is InChI=1S/C22H29NO5S2/c1-4-5-13-28-17-11-10-16(14-18(17)26-2)15-19-21(25)23(22(29)30-19)12-8-6-7-9-20(24)27-3/h10-11,14-15H,4-9,12-13H2,1-3H3. The number of thioether (sulfide) groups is 1. The van der Waals surface area contributed by atoms with Crippen LogP contribution in [0.5, 0.6) is 11.5 Å². The van der Waals surface area contributed by atoms with Crippen molar-refractivity contribution in [3.05, 3.63) is 28.7 Å². The summed E-state index contributed by atoms with van der Waals surface area (Å²) in [7, 11) is 2.99. The Hall–Kier alpha value is -2.06. The molecule has 1 aromatic rings. The largest absolute Gasteiger partial charge is 0.493 e. The number of benzene rings is 1. The van der Waals surface area contributed by atoms with Gasteiger partial charge in [0.1, 0.15) is 4.32 Å². The lowest BCUT2D eigenvalue weighted by Gasteiger charge is -2.14. The third-order valence-electron chi connectivity index (χ3n) is 4.60. The van der Waals surface area contributed by atoms with Gasteiger partial charge in [0.25, 0.3) is 5.91 Å². The summed E-state index contributed by atoms with van der Waals surface area (Å²) in [5.74, 6) is 1.05. The molecule has 1 aromatic carbocycles. The average molecular weight is 452 g/mol. The monoisotopic (exact) mass is 451 g/mol. The van der Waals surface area contributed by atoms with Crippen LogP contribution in [0.1, 0.15) is 51.0 Å². The van der Waals surface area contributed by atoms with Crippen molar-refractivity contribution < 1.29 is 23.8 Å². The molecule has 0 N–H and O–H groups in total. The molecule has 1 saturated heterocycles. The topological polar surface area (TPSA) is 65.1 Å². The summed E-state index contributed by atoms with van der Waals surface area (Å²) in [5, 5.41) is 0. The van der Waals surface area contributed by atoms with Gasteiger partial charge in [-0.15, -0.1) is 0 Å². The number of rotatable bonds is 12. The molecule has 1 fully saturated rings. The summed E-state index contributed by atoms with van der Waals surface area (Å²) >= 11 is 6.69. The molecule has 1 amide bonds. The Morgan fingerprint density at radius 2 is 1.97 bits per heavy atom. The number of methoxy groups -OCH3 is 2. The summed E-state index contributed by atoms with van der Waals surface area (Å²) in [6.07, 6.45) is 6.63. The Bertz CT molecular complexity index is 794. The van der Waals surface area contributed by atoms with Crippen molar-refractivity contribution in [1.29, 1.82) is 0 Å². The smallest absolute Gasteiger partial charge is 0.305 e. The average Bonchev–Trinajstić information content (AvgIpc) is 3.01. The van der Waals surface area contributed by atoms with Gasteiger partial charge < -0.3 is 14.2 Å². The van der Waals surface area contributed by atoms with E-state index in [0.717, 1.165) is 37.7 Å². The Kier molecular flexibility index (Phi) is 10.2. The summed E-state index contributed by atoms with van der Waals surface area (Å²) in [4.78, 5) is 26.1. The Labute approximate surface area is 187 Å². The normalized spacial score (nSPS) is 15.0. The SMILES string of the molecule is CCCCOc1ccc(C=C2SC(=S)N(CCCCCC(=O)OC)C2=O)cc1OC. The molecule has 0 bridgehead atoms. The predicted octanol–water partition coefficient (Wildman–Crippen LogP) is 4.81. The highest BCUT2D eigenvalue weighted by Gasteiger charge is 2.31. The van der Waals surface area contributed by atoms with E-state index in [1.54, 1.807) is 12.0 Å². The Balaban J connectivity index is 1.96. The number of carbonyl (C=O) groups is 2. The molecule has 8 heteroatoms. The number of unbranched alkanes of at least 4 members (excludes halogenated alkanes) is 3. The summed E-state index contributed by atoms with van der Waals surface area (Å²) in [5.41, 5.74) is 0.855. The molecule has 164 valence electrons. The third-order valence-corrected chi connectivity index (χ3v) is 5.98. The lowest BCUT2D eigenvalue weighted by molar-refractivity contribution is -0.140. The van der Waals surface area contributed by atoms with E-state index in [9.17, 15) is 9.59 Å². The first-order valence-corrected chi connectivity index (χ1v) is 11.4. The maximum atomic E-state index is 12.8. The number of ether oxygens (including phenoxy) is 3. The van der Waals surface area contributed by atoms with Crippen molar-refractivity contribution in [3.63, 3.8) is 0 Å². The molecule has 6 nitrogen and oxygen atoms in total. The molecule has 1 aliphatic heterocycles. The van der Waals surface area contributed by atoms with Gasteiger partial charge in [-0.3, -0.25) is 14.5 Å². The number of esters is 1. The highest BCUT2D eigenvalue weighted by molar-refractivity contribution is 8.26. The van der Waals surface area contributed by atoms with Crippen molar-refractivity contribution >= 4 is 46.3 Å². The second-order valence-electron chi connectivity index (χ2n) is 6.83. The molecule has 1 heterocycles. The van der Waals surface area contributed by atoms with Gasteiger partial charge in [0.2, 0.25) is 0 Å². The summed E-state index contributed by atoms with van der Waals surface area (Å²) in [6, 6.07) is 5.63. The van der Waals surface area contributed by atoms with Crippen molar-refractivity contribution in [2.45, 2.75) is 45.4 Å². The van der Waals surface area contributed by atoms with Gasteiger partial charge in [-0.05, 0) is 43.0 Å². The van der Waals surface area contributed by atoms with Crippen LogP contribution in [0.2, 0.25) is 0 Å². The van der Waals surface area contributed by atoms with Gasteiger partial charge in [-0.2, -0.15) is 0 Å². The van der Waals surface area contributed by atoms with Crippen molar-refractivity contribution in [1.82, 2.24) is 4.90 Å². The minimum absolute atomic E-state index is 0.0831. The number of nitrogens with zero attached hydrogens (tertiary/aromatic N) is 1. The molecule has 0 aliphatic carbocycles. The van der Waals surface area contributed by atoms with Gasteiger partial charge in [0, 0.05) is 13.0 Å². The van der Waals surface area contributed by atoms with Gasteiger partial charge in [-0.25, -0.2) is 0 Å². The van der Waals surface area contributed by atoms with Crippen LogP contribution < -0.4 is 9.47 Å². The van der Waals surface area contributed by atoms with Gasteiger partial charge in [-0.1, -0.05) is 49.8 Å². The molecular formula is C22H29NO5S2. The van der Waals surface area contributed by atoms with E-state index in [-0.39, 0.29) is 11.9 Å². The predicted molar refractivity (Wildman–Crippen MR) is 124 cm³/mol. The highest BCUT2D eigenvalue weighted by Crippen LogP contribution is 2.35. The van der Waals surface area contributed by atoms with Gasteiger partial charge in [0.05, 0.1) is 25.7 Å². The molecule has 2 rings (SSSR count). The molecule has 0 radical (unpaired) electrons. The van der Waals surface area contributed by atoms with Gasteiger partial charge >= 0.3 is 5.97 Å². The lowest BCUT2D eigenvalue weighted by atomic mass is 10.1. The van der Waals surface area contributed by atoms with E-state index >= 15 is 0 Å². The molecular weight excluding hydrogens is 422 g/mol. The fourth-order valence-electron chi connectivity index (χ4n) is 2.88. The summed E-state index contributed by atoms with van der Waals surface area (Å²) < 4.78 is 16.4. The number of hydrogen-bond donors (Lipinski definition) is 0. The van der Waals surface area contributed by atoms with Crippen LogP contribution in [-0.4, -0.2) is 48.5 Å². The fraction of sp³-hybridized carbons (Fsp3) is 0.500. The maximum Gasteiger partial charge on any atom is 0.305 e. The minimum atomic E-state index is -0.208. The number of carbonyl (C=O) groups excluding carboxylic acids is 2. The first kappa shape index (κ1) is 24.2. The summed E-state index contributed by atoms with van der Waals surface area (Å²) in [6.45, 7) is 3.31. The quantitative estimate of drug-likeness (QED) is 0.196. The van der Waals surface area contributed by atoms with Crippen LogP contribution in [0, 0.1) is 0 Å². The maximum absolute atomic E-state index is 12.8. The van der Waals surface area contributed by atoms with E-state index in [1.807, 2.05) is 24.3 Å². The Morgan fingerprint density at radius 1 is 1.17 bits per heavy atom. The van der Waals surface area contributed by atoms with Gasteiger partial charge in [0.15, 0.2) is 11.5 Å². The van der Waals surface area contributed by atoms with Crippen LogP contribution in [0.3, 0.4) is 0 Å². The molecule has 30 heavy (non-hydrogen) atoms. The first-order valence-electron chi connectivity index (χ1n) is 10.1. The van der Waals surface area contributed by atoms with Crippen LogP contribution in [0.25, 0.3) is 6.08 Å².